The number of aromatic nitrogens is 7. The quantitative estimate of drug-likeness (QED) is 0.104. The van der Waals surface area contributed by atoms with E-state index in [-0.39, 0.29) is 49.6 Å². The lowest BCUT2D eigenvalue weighted by Crippen LogP contribution is -2.28. The number of rotatable bonds is 10. The van der Waals surface area contributed by atoms with Crippen LogP contribution in [-0.4, -0.2) is 76.3 Å². The van der Waals surface area contributed by atoms with Crippen molar-refractivity contribution in [3.05, 3.63) is 35.3 Å². The molecule has 4 aromatic rings. The Balaban J connectivity index is 1.24. The maximum Gasteiger partial charge on any atom is 0.280 e. The van der Waals surface area contributed by atoms with Gasteiger partial charge < -0.3 is 39.7 Å². The van der Waals surface area contributed by atoms with Crippen molar-refractivity contribution < 1.29 is 32.8 Å². The topological polar surface area (TPSA) is 238 Å². The number of fused-ring (bicyclic) bond motifs is 2. The number of nitrogens with one attached hydrogen (secondary N) is 1. The van der Waals surface area contributed by atoms with Gasteiger partial charge in [0.1, 0.15) is 36.4 Å². The van der Waals surface area contributed by atoms with Gasteiger partial charge in [-0.25, -0.2) is 15.0 Å². The zero-order chi connectivity index (χ0) is 30.5. The first-order valence-electron chi connectivity index (χ1n) is 13.1. The Hall–Kier alpha value is -2.47. The first-order valence-corrected chi connectivity index (χ1v) is 18.6. The van der Waals surface area contributed by atoms with Crippen molar-refractivity contribution in [2.45, 2.75) is 55.7 Å². The summed E-state index contributed by atoms with van der Waals surface area (Å²) in [5, 5.41) is 10.2. The summed E-state index contributed by atoms with van der Waals surface area (Å²) in [5.74, 6) is 0.185. The monoisotopic (exact) mass is 673 g/mol. The summed E-state index contributed by atoms with van der Waals surface area (Å²) in [6.07, 6.45) is 1.64. The number of thiol groups is 2. The van der Waals surface area contributed by atoms with Crippen LogP contribution in [-0.2, 0) is 27.7 Å². The number of aliphatic hydroxyl groups excluding tert-OH is 1. The zero-order valence-corrected chi connectivity index (χ0v) is 26.0. The third-order valence-corrected chi connectivity index (χ3v) is 11.3. The van der Waals surface area contributed by atoms with E-state index >= 15 is 0 Å². The van der Waals surface area contributed by atoms with Gasteiger partial charge in [-0.05, 0) is 18.9 Å². The second-order valence-corrected chi connectivity index (χ2v) is 15.7. The van der Waals surface area contributed by atoms with E-state index in [4.69, 9.17) is 30.0 Å². The van der Waals surface area contributed by atoms with Crippen LogP contribution in [0.15, 0.2) is 29.7 Å². The van der Waals surface area contributed by atoms with E-state index in [1.807, 2.05) is 0 Å². The molecular weight excluding hydrogens is 644 g/mol. The van der Waals surface area contributed by atoms with Gasteiger partial charge in [-0.1, -0.05) is 24.5 Å². The van der Waals surface area contributed by atoms with Crippen molar-refractivity contribution in [1.29, 1.82) is 0 Å². The van der Waals surface area contributed by atoms with Gasteiger partial charge in [0, 0.05) is 19.2 Å². The highest BCUT2D eigenvalue weighted by molar-refractivity contribution is 8.46. The van der Waals surface area contributed by atoms with Crippen LogP contribution in [0.4, 0.5) is 11.8 Å². The lowest BCUT2D eigenvalue weighted by Gasteiger charge is -2.26. The second kappa shape index (κ2) is 12.1. The van der Waals surface area contributed by atoms with Crippen molar-refractivity contribution in [2.24, 2.45) is 0 Å². The Bertz CT molecular complexity index is 1790. The van der Waals surface area contributed by atoms with Crippen LogP contribution in [0.3, 0.4) is 0 Å². The number of H-pyrrole nitrogens is 1. The van der Waals surface area contributed by atoms with E-state index in [9.17, 15) is 19.0 Å². The molecular formula is C22H29N9O8P2S2. The average molecular weight is 674 g/mol. The van der Waals surface area contributed by atoms with Crippen molar-refractivity contribution in [1.82, 2.24) is 34.1 Å². The molecule has 2 aliphatic rings. The van der Waals surface area contributed by atoms with Crippen LogP contribution in [0.25, 0.3) is 22.2 Å². The van der Waals surface area contributed by atoms with Crippen LogP contribution in [0.5, 0.6) is 0 Å². The fraction of sp³-hybridized carbons (Fsp3) is 0.500. The normalized spacial score (nSPS) is 28.1. The highest BCUT2D eigenvalue weighted by Gasteiger charge is 2.48. The van der Waals surface area contributed by atoms with Crippen molar-refractivity contribution in [3.8, 4) is 0 Å². The summed E-state index contributed by atoms with van der Waals surface area (Å²) < 4.78 is 53.2. The minimum atomic E-state index is -3.81. The van der Waals surface area contributed by atoms with E-state index in [0.717, 1.165) is 0 Å². The predicted octanol–water partition coefficient (Wildman–Crippen LogP) is 1.90. The highest BCUT2D eigenvalue weighted by atomic mass is 32.7. The molecule has 6 N–H and O–H groups in total. The van der Waals surface area contributed by atoms with E-state index in [1.54, 1.807) is 16.8 Å². The predicted molar refractivity (Wildman–Crippen MR) is 162 cm³/mol. The number of anilines is 2. The van der Waals surface area contributed by atoms with Gasteiger partial charge in [-0.15, -0.1) is 0 Å². The number of ether oxygens (including phenoxy) is 2. The number of nitrogen functional groups attached to an aromatic ring is 2. The molecule has 6 rings (SSSR count). The molecule has 6 heterocycles. The van der Waals surface area contributed by atoms with Crippen molar-refractivity contribution >= 4 is 72.3 Å². The Morgan fingerprint density at radius 3 is 2.79 bits per heavy atom. The Morgan fingerprint density at radius 1 is 1.21 bits per heavy atom. The Labute approximate surface area is 254 Å². The minimum Gasteiger partial charge on any atom is -0.396 e. The van der Waals surface area contributed by atoms with Gasteiger partial charge >= 0.3 is 0 Å². The SMILES string of the molecule is Nc1nc2c(ncn2[C@@H]2O[C@H](CCO)C[C@H]2P(=O)(S)OCC2O[C@@H](n3ccc4c(N)ncnc43)C[C@@H]2O[PH](=O)S)c(=O)[nH]1. The number of aromatic amines is 1. The molecule has 21 heteroatoms. The highest BCUT2D eigenvalue weighted by Crippen LogP contribution is 2.64. The summed E-state index contributed by atoms with van der Waals surface area (Å²) in [7, 11) is -2.67. The second-order valence-electron chi connectivity index (χ2n) is 10.1. The molecule has 0 spiro atoms. The Morgan fingerprint density at radius 2 is 2.02 bits per heavy atom. The molecule has 2 aliphatic heterocycles. The fourth-order valence-electron chi connectivity index (χ4n) is 5.51. The van der Waals surface area contributed by atoms with Gasteiger partial charge in [0.2, 0.25) is 13.2 Å². The van der Waals surface area contributed by atoms with E-state index < -0.39 is 55.8 Å². The molecule has 17 nitrogen and oxygen atoms in total. The molecule has 0 aromatic carbocycles. The summed E-state index contributed by atoms with van der Waals surface area (Å²) >= 11 is 8.41. The molecule has 0 aliphatic carbocycles. The molecule has 0 radical (unpaired) electrons. The lowest BCUT2D eigenvalue weighted by atomic mass is 10.2. The van der Waals surface area contributed by atoms with Crippen LogP contribution in [0.2, 0.25) is 0 Å². The van der Waals surface area contributed by atoms with Crippen LogP contribution in [0, 0.1) is 0 Å². The molecule has 43 heavy (non-hydrogen) atoms. The molecule has 0 amide bonds. The summed E-state index contributed by atoms with van der Waals surface area (Å²) in [4.78, 5) is 31.3. The number of imidazole rings is 1. The minimum absolute atomic E-state index is 0.0222. The molecule has 8 atom stereocenters. The van der Waals surface area contributed by atoms with E-state index in [0.29, 0.717) is 16.9 Å². The fourth-order valence-corrected chi connectivity index (χ4v) is 8.84. The number of aliphatic hydroxyl groups is 1. The maximum absolute atomic E-state index is 14.1. The smallest absolute Gasteiger partial charge is 0.280 e. The van der Waals surface area contributed by atoms with Crippen LogP contribution < -0.4 is 17.0 Å². The molecule has 0 bridgehead atoms. The van der Waals surface area contributed by atoms with Gasteiger partial charge in [0.05, 0.1) is 36.2 Å². The molecule has 232 valence electrons. The standard InChI is InChI=1S/C22H29N9O8P2S2/c23-17-11-1-3-30(18(11)26-8-25-17)15-6-12(39-40(34)42)13(38-15)7-36-41(35,43)14-5-10(2-4-32)37-21(14)31-9-27-16-19(31)28-22(24)29-20(16)33/h1,3,8-10,12-15,21,32,40H,2,4-7H2,(H,34,42)(H,35,43)(H2,23,25,26)(H3,24,28,29,33)/t10-,12+,13?,14-,15-,21-,41?/m1/s1. The number of nitrogens with two attached hydrogens (primary N) is 2. The van der Waals surface area contributed by atoms with Gasteiger partial charge in [-0.3, -0.25) is 23.5 Å². The average Bonchev–Trinajstić information content (AvgIpc) is 3.72. The number of hydrogen-bond donors (Lipinski definition) is 6. The summed E-state index contributed by atoms with van der Waals surface area (Å²) in [5.41, 5.74) is 11.0. The molecule has 3 unspecified atom stereocenters. The Kier molecular flexibility index (Phi) is 8.62. The number of hydrogen-bond acceptors (Lipinski definition) is 14. The summed E-state index contributed by atoms with van der Waals surface area (Å²) in [6, 6.07) is 1.76. The maximum atomic E-state index is 14.1. The lowest BCUT2D eigenvalue weighted by molar-refractivity contribution is -0.0328. The number of nitrogens with zero attached hydrogens (tertiary/aromatic N) is 6. The first kappa shape index (κ1) is 30.6. The molecule has 2 fully saturated rings. The zero-order valence-electron chi connectivity index (χ0n) is 22.3. The van der Waals surface area contributed by atoms with Gasteiger partial charge in [0.15, 0.2) is 11.2 Å². The van der Waals surface area contributed by atoms with Crippen LogP contribution >= 0.6 is 38.3 Å². The van der Waals surface area contributed by atoms with E-state index in [1.165, 1.54) is 17.2 Å². The first-order chi connectivity index (χ1) is 20.6. The third kappa shape index (κ3) is 5.98. The van der Waals surface area contributed by atoms with Crippen molar-refractivity contribution in [3.63, 3.8) is 0 Å². The van der Waals surface area contributed by atoms with Crippen LogP contribution in [0.1, 0.15) is 31.7 Å². The largest absolute Gasteiger partial charge is 0.396 e. The summed E-state index contributed by atoms with van der Waals surface area (Å²) in [6.45, 7) is -4.21. The molecule has 2 saturated heterocycles. The van der Waals surface area contributed by atoms with E-state index in [2.05, 4.69) is 49.4 Å². The van der Waals surface area contributed by atoms with Gasteiger partial charge in [-0.2, -0.15) is 4.98 Å². The van der Waals surface area contributed by atoms with Crippen molar-refractivity contribution in [2.75, 3.05) is 24.7 Å². The molecule has 0 saturated carbocycles. The van der Waals surface area contributed by atoms with Gasteiger partial charge in [0.25, 0.3) is 12.1 Å². The molecule has 4 aromatic heterocycles. The third-order valence-electron chi connectivity index (χ3n) is 7.47.